The van der Waals surface area contributed by atoms with Gasteiger partial charge in [0.25, 0.3) is 0 Å². The van der Waals surface area contributed by atoms with Crippen molar-refractivity contribution in [2.75, 3.05) is 33.0 Å². The highest BCUT2D eigenvalue weighted by Crippen LogP contribution is 2.39. The van der Waals surface area contributed by atoms with Gasteiger partial charge in [0, 0.05) is 0 Å². The molecule has 0 fully saturated rings. The number of hydrogen-bond donors (Lipinski definition) is 0. The van der Waals surface area contributed by atoms with Crippen LogP contribution in [0.5, 0.6) is 5.75 Å². The van der Waals surface area contributed by atoms with Crippen LogP contribution < -0.4 is 4.74 Å². The van der Waals surface area contributed by atoms with Gasteiger partial charge in [0.15, 0.2) is 0 Å². The zero-order valence-electron chi connectivity index (χ0n) is 23.7. The predicted molar refractivity (Wildman–Crippen MR) is 153 cm³/mol. The fourth-order valence-corrected chi connectivity index (χ4v) is 4.21. The van der Waals surface area contributed by atoms with Gasteiger partial charge in [-0.15, -0.1) is 0 Å². The maximum Gasteiger partial charge on any atom is 0.341 e. The lowest BCUT2D eigenvalue weighted by atomic mass is 10.1. The molecule has 1 aromatic carbocycles. The van der Waals surface area contributed by atoms with Crippen molar-refractivity contribution in [3.63, 3.8) is 0 Å². The minimum absolute atomic E-state index is 0.317. The monoisotopic (exact) mass is 534 g/mol. The van der Waals surface area contributed by atoms with Crippen molar-refractivity contribution in [3.8, 4) is 5.75 Å². The number of rotatable bonds is 20. The summed E-state index contributed by atoms with van der Waals surface area (Å²) in [7, 11) is -1.29. The van der Waals surface area contributed by atoms with E-state index in [1.54, 1.807) is 12.1 Å². The Kier molecular flexibility index (Phi) is 18.8. The number of ether oxygens (including phenoxy) is 2. The smallest absolute Gasteiger partial charge is 0.341 e. The zero-order chi connectivity index (χ0) is 27.3. The van der Waals surface area contributed by atoms with E-state index >= 15 is 0 Å². The first kappa shape index (κ1) is 33.0. The van der Waals surface area contributed by atoms with Crippen LogP contribution in [0.15, 0.2) is 59.2 Å². The maximum atomic E-state index is 12.6. The molecule has 0 aliphatic heterocycles. The van der Waals surface area contributed by atoms with Crippen LogP contribution in [0.2, 0.25) is 0 Å². The molecule has 0 aliphatic carbocycles. The summed E-state index contributed by atoms with van der Waals surface area (Å²) in [5.74, 6) is 0.158. The Morgan fingerprint density at radius 1 is 0.811 bits per heavy atom. The Labute approximate surface area is 226 Å². The van der Waals surface area contributed by atoms with Crippen molar-refractivity contribution in [2.45, 2.75) is 80.1 Å². The van der Waals surface area contributed by atoms with E-state index in [-0.39, 0.29) is 5.97 Å². The van der Waals surface area contributed by atoms with Crippen molar-refractivity contribution in [2.24, 2.45) is 0 Å². The van der Waals surface area contributed by atoms with Gasteiger partial charge in [0.05, 0.1) is 26.4 Å². The summed E-state index contributed by atoms with van der Waals surface area (Å²) in [5.41, 5.74) is 4.52. The molecule has 0 saturated carbocycles. The van der Waals surface area contributed by atoms with Crippen LogP contribution in [0.3, 0.4) is 0 Å². The van der Waals surface area contributed by atoms with Crippen molar-refractivity contribution in [3.05, 3.63) is 64.8 Å². The Morgan fingerprint density at radius 3 is 2.11 bits per heavy atom. The normalized spacial score (nSPS) is 12.1. The van der Waals surface area contributed by atoms with Crippen molar-refractivity contribution < 1.29 is 27.8 Å². The van der Waals surface area contributed by atoms with Gasteiger partial charge in [-0.25, -0.2) is 4.79 Å². The molecule has 0 atom stereocenters. The molecular formula is C30H47O6P. The van der Waals surface area contributed by atoms with Gasteiger partial charge in [0.2, 0.25) is 0 Å². The third-order valence-corrected chi connectivity index (χ3v) is 6.67. The molecule has 0 N–H and O–H groups in total. The van der Waals surface area contributed by atoms with Gasteiger partial charge in [0.1, 0.15) is 17.9 Å². The summed E-state index contributed by atoms with van der Waals surface area (Å²) in [6.07, 6.45) is 12.4. The molecule has 1 aromatic rings. The average Bonchev–Trinajstić information content (AvgIpc) is 2.86. The van der Waals surface area contributed by atoms with Gasteiger partial charge in [-0.1, -0.05) is 41.0 Å². The van der Waals surface area contributed by atoms with Crippen LogP contribution in [0.1, 0.15) is 90.4 Å². The van der Waals surface area contributed by atoms with Crippen LogP contribution in [0.25, 0.3) is 0 Å². The highest BCUT2D eigenvalue weighted by atomic mass is 31.2. The number of allylic oxidation sites excluding steroid dienone is 5. The number of benzene rings is 1. The lowest BCUT2D eigenvalue weighted by molar-refractivity contribution is 0.0487. The molecule has 0 bridgehead atoms. The quantitative estimate of drug-likeness (QED) is 0.0721. The summed E-state index contributed by atoms with van der Waals surface area (Å²) in [6, 6.07) is 7.21. The van der Waals surface area contributed by atoms with Crippen molar-refractivity contribution in [1.82, 2.24) is 0 Å². The molecule has 0 aromatic heterocycles. The first-order chi connectivity index (χ1) is 17.9. The minimum atomic E-state index is -1.29. The van der Waals surface area contributed by atoms with E-state index < -0.39 is 8.60 Å². The second kappa shape index (κ2) is 21.0. The second-order valence-electron chi connectivity index (χ2n) is 9.00. The summed E-state index contributed by atoms with van der Waals surface area (Å²) < 4.78 is 27.8. The highest BCUT2D eigenvalue weighted by molar-refractivity contribution is 7.41. The van der Waals surface area contributed by atoms with E-state index in [4.69, 9.17) is 23.0 Å². The van der Waals surface area contributed by atoms with Crippen LogP contribution in [-0.4, -0.2) is 39.0 Å². The molecule has 0 aliphatic rings. The molecule has 0 unspecified atom stereocenters. The van der Waals surface area contributed by atoms with Crippen LogP contribution in [0.4, 0.5) is 0 Å². The van der Waals surface area contributed by atoms with Crippen molar-refractivity contribution in [1.29, 1.82) is 0 Å². The number of para-hydroxylation sites is 1. The summed E-state index contributed by atoms with van der Waals surface area (Å²) in [4.78, 5) is 12.6. The van der Waals surface area contributed by atoms with E-state index in [9.17, 15) is 4.79 Å². The number of hydrogen-bond acceptors (Lipinski definition) is 6. The molecule has 7 heteroatoms. The molecule has 6 nitrogen and oxygen atoms in total. The average molecular weight is 535 g/mol. The van der Waals surface area contributed by atoms with Gasteiger partial charge in [-0.05, 0) is 98.3 Å². The molecule has 37 heavy (non-hydrogen) atoms. The lowest BCUT2D eigenvalue weighted by Crippen LogP contribution is -2.09. The molecular weight excluding hydrogens is 487 g/mol. The van der Waals surface area contributed by atoms with E-state index in [0.717, 1.165) is 32.1 Å². The fourth-order valence-electron chi connectivity index (χ4n) is 3.28. The Morgan fingerprint density at radius 2 is 1.43 bits per heavy atom. The minimum Gasteiger partial charge on any atom is -0.489 e. The number of unbranched alkanes of at least 4 members (excludes halogenated alkanes) is 1. The molecule has 0 saturated heterocycles. The molecule has 0 radical (unpaired) electrons. The molecule has 0 amide bonds. The Balaban J connectivity index is 2.39. The van der Waals surface area contributed by atoms with Crippen LogP contribution in [0, 0.1) is 0 Å². The summed E-state index contributed by atoms with van der Waals surface area (Å²) in [6.45, 7) is 14.7. The third kappa shape index (κ3) is 16.5. The standard InChI is InChI=1S/C30H47O6P/c1-7-34-37(35-8-2)36-23-12-11-22-33-30(31)28-19-9-10-20-29(28)32-24-21-27(6)18-14-17-26(5)16-13-15-25(3)4/h9-10,15,17,19-21H,7-8,11-14,16,18,22-24H2,1-6H3/b26-17+,27-21+. The molecule has 208 valence electrons. The third-order valence-electron chi connectivity index (χ3n) is 5.34. The van der Waals surface area contributed by atoms with Gasteiger partial charge in [-0.3, -0.25) is 0 Å². The van der Waals surface area contributed by atoms with E-state index in [1.165, 1.54) is 16.7 Å². The summed E-state index contributed by atoms with van der Waals surface area (Å²) in [5, 5.41) is 0. The van der Waals surface area contributed by atoms with Crippen LogP contribution in [-0.2, 0) is 18.3 Å². The van der Waals surface area contributed by atoms with Gasteiger partial charge in [-0.2, -0.15) is 0 Å². The van der Waals surface area contributed by atoms with E-state index in [1.807, 2.05) is 26.0 Å². The molecule has 0 spiro atoms. The van der Waals surface area contributed by atoms with E-state index in [2.05, 4.69) is 45.9 Å². The second-order valence-corrected chi connectivity index (χ2v) is 10.2. The SMILES string of the molecule is CCOP(OCC)OCCCCOC(=O)c1ccccc1OC/C=C(\C)CC/C=C(\C)CCC=C(C)C. The Hall–Kier alpha value is -1.98. The lowest BCUT2D eigenvalue weighted by Gasteiger charge is -2.14. The number of carbonyl (C=O) groups is 1. The van der Waals surface area contributed by atoms with Gasteiger partial charge < -0.3 is 23.0 Å². The number of carbonyl (C=O) groups excluding carboxylic acids is 1. The van der Waals surface area contributed by atoms with Gasteiger partial charge >= 0.3 is 14.6 Å². The topological polar surface area (TPSA) is 63.2 Å². The Bertz CT molecular complexity index is 851. The summed E-state index contributed by atoms with van der Waals surface area (Å²) >= 11 is 0. The van der Waals surface area contributed by atoms with Crippen LogP contribution >= 0.6 is 8.60 Å². The molecule has 0 heterocycles. The van der Waals surface area contributed by atoms with Crippen molar-refractivity contribution >= 4 is 14.6 Å². The zero-order valence-corrected chi connectivity index (χ0v) is 24.6. The largest absolute Gasteiger partial charge is 0.489 e. The maximum absolute atomic E-state index is 12.6. The highest BCUT2D eigenvalue weighted by Gasteiger charge is 2.14. The predicted octanol–water partition coefficient (Wildman–Crippen LogP) is 8.74. The first-order valence-electron chi connectivity index (χ1n) is 13.4. The fraction of sp³-hybridized carbons (Fsp3) is 0.567. The first-order valence-corrected chi connectivity index (χ1v) is 14.5. The number of esters is 1. The van der Waals surface area contributed by atoms with E-state index in [0.29, 0.717) is 50.8 Å². The molecule has 1 rings (SSSR count).